The van der Waals surface area contributed by atoms with Crippen molar-refractivity contribution in [2.75, 3.05) is 86.6 Å². The van der Waals surface area contributed by atoms with Gasteiger partial charge in [0.2, 0.25) is 11.9 Å². The fourth-order valence-electron chi connectivity index (χ4n) is 6.85. The molecule has 0 saturated carbocycles. The highest BCUT2D eigenvalue weighted by atomic mass is 32.2. The van der Waals surface area contributed by atoms with Crippen molar-refractivity contribution in [1.29, 1.82) is 0 Å². The van der Waals surface area contributed by atoms with Gasteiger partial charge >= 0.3 is 21.2 Å². The third-order valence-electron chi connectivity index (χ3n) is 10.3. The SMILES string of the molecule is CCN(CC)c1cc(Nc2nc(Nc3cc(N(CC)CC)c(OC)cc3N=Nc3snc4ccc(OC)cc34)nc(SCCS(=O)(=O)O)n2)c(N=Nc2snc3ccc(OC)cc23)cc1OC.O=S(=O)=O.O=S(=O)=O. The second kappa shape index (κ2) is 27.9. The fraction of sp³-hybridized carbons (Fsp3) is 0.326. The van der Waals surface area contributed by atoms with E-state index in [1.807, 2.05) is 76.2 Å². The molecule has 0 spiro atoms. The first-order valence-corrected chi connectivity index (χ1v) is 28.1. The highest BCUT2D eigenvalue weighted by Gasteiger charge is 2.21. The number of benzene rings is 4. The zero-order valence-corrected chi connectivity index (χ0v) is 46.1. The number of aromatic nitrogens is 5. The molecule has 3 aromatic heterocycles. The Morgan fingerprint density at radius 1 is 0.600 bits per heavy atom. The van der Waals surface area contributed by atoms with Gasteiger partial charge in [-0.1, -0.05) is 11.8 Å². The lowest BCUT2D eigenvalue weighted by atomic mass is 10.2. The first-order valence-electron chi connectivity index (χ1n) is 21.9. The Bertz CT molecular complexity index is 3300. The Kier molecular flexibility index (Phi) is 21.8. The largest absolute Gasteiger partial charge is 0.497 e. The molecule has 0 aliphatic rings. The van der Waals surface area contributed by atoms with Gasteiger partial charge in [-0.2, -0.15) is 32.1 Å². The third kappa shape index (κ3) is 16.6. The smallest absolute Gasteiger partial charge is 0.425 e. The van der Waals surface area contributed by atoms with E-state index in [0.717, 1.165) is 44.9 Å². The summed E-state index contributed by atoms with van der Waals surface area (Å²) in [5.74, 6) is 2.02. The summed E-state index contributed by atoms with van der Waals surface area (Å²) in [6.07, 6.45) is 0. The Balaban J connectivity index is 0.00000121. The van der Waals surface area contributed by atoms with Crippen LogP contribution in [-0.4, -0.2) is 128 Å². The van der Waals surface area contributed by atoms with Crippen molar-refractivity contribution in [3.8, 4) is 23.0 Å². The summed E-state index contributed by atoms with van der Waals surface area (Å²) >= 11 is 3.42. The van der Waals surface area contributed by atoms with Crippen LogP contribution in [0.15, 0.2) is 86.3 Å². The molecule has 0 radical (unpaired) electrons. The number of nitrogens with zero attached hydrogens (tertiary/aromatic N) is 11. The van der Waals surface area contributed by atoms with Gasteiger partial charge in [0.1, 0.15) is 34.4 Å². The minimum absolute atomic E-state index is 0.0505. The van der Waals surface area contributed by atoms with Crippen molar-refractivity contribution in [2.45, 2.75) is 32.9 Å². The van der Waals surface area contributed by atoms with Crippen molar-refractivity contribution in [3.63, 3.8) is 0 Å². The summed E-state index contributed by atoms with van der Waals surface area (Å²) in [6.45, 7) is 10.9. The molecular weight excluding hydrogens is 1100 g/mol. The van der Waals surface area contributed by atoms with Crippen LogP contribution in [0.4, 0.5) is 56.0 Å². The predicted molar refractivity (Wildman–Crippen MR) is 287 cm³/mol. The van der Waals surface area contributed by atoms with Crippen LogP contribution in [0, 0.1) is 0 Å². The molecule has 3 heterocycles. The van der Waals surface area contributed by atoms with E-state index in [-0.39, 0.29) is 22.8 Å². The first-order chi connectivity index (χ1) is 35.9. The van der Waals surface area contributed by atoms with Gasteiger partial charge in [0.05, 0.1) is 68.0 Å². The molecule has 0 saturated heterocycles. The van der Waals surface area contributed by atoms with E-state index in [9.17, 15) is 13.0 Å². The molecule has 0 amide bonds. The van der Waals surface area contributed by atoms with Gasteiger partial charge in [0, 0.05) is 54.8 Å². The lowest BCUT2D eigenvalue weighted by molar-refractivity contribution is 0.414. The first kappa shape index (κ1) is 58.7. The molecule has 0 bridgehead atoms. The molecule has 32 heteroatoms. The van der Waals surface area contributed by atoms with E-state index in [4.69, 9.17) is 59.4 Å². The number of rotatable bonds is 22. The summed E-state index contributed by atoms with van der Waals surface area (Å²) in [5, 5.41) is 28.2. The number of hydrogen-bond acceptors (Lipinski definition) is 28. The Morgan fingerprint density at radius 2 is 1.00 bits per heavy atom. The molecule has 75 heavy (non-hydrogen) atoms. The van der Waals surface area contributed by atoms with E-state index in [1.165, 1.54) is 23.1 Å². The van der Waals surface area contributed by atoms with E-state index in [0.29, 0.717) is 81.9 Å². The minimum Gasteiger partial charge on any atom is -0.497 e. The van der Waals surface area contributed by atoms with Gasteiger partial charge < -0.3 is 39.4 Å². The summed E-state index contributed by atoms with van der Waals surface area (Å²) in [6, 6.07) is 18.4. The van der Waals surface area contributed by atoms with Gasteiger partial charge in [-0.3, -0.25) is 4.55 Å². The number of ether oxygens (including phenoxy) is 4. The maximum Gasteiger partial charge on any atom is 0.425 e. The van der Waals surface area contributed by atoms with Crippen molar-refractivity contribution in [3.05, 3.63) is 60.7 Å². The molecule has 3 N–H and O–H groups in total. The molecule has 0 aliphatic heterocycles. The predicted octanol–water partition coefficient (Wildman–Crippen LogP) is 9.11. The Morgan fingerprint density at radius 3 is 1.35 bits per heavy atom. The molecule has 4 aromatic carbocycles. The molecule has 0 atom stereocenters. The Hall–Kier alpha value is -7.23. The molecule has 0 unspecified atom stereocenters. The molecule has 0 aliphatic carbocycles. The number of azo groups is 2. The zero-order chi connectivity index (χ0) is 54.8. The van der Waals surface area contributed by atoms with Crippen LogP contribution in [-0.2, 0) is 31.3 Å². The summed E-state index contributed by atoms with van der Waals surface area (Å²) in [4.78, 5) is 18.4. The molecule has 7 aromatic rings. The van der Waals surface area contributed by atoms with E-state index < -0.39 is 37.1 Å². The number of fused-ring (bicyclic) bond motifs is 2. The highest BCUT2D eigenvalue weighted by molar-refractivity contribution is 8.00. The van der Waals surface area contributed by atoms with Gasteiger partial charge in [-0.25, -0.2) is 0 Å². The van der Waals surface area contributed by atoms with Crippen LogP contribution in [0.1, 0.15) is 27.7 Å². The maximum absolute atomic E-state index is 11.8. The lowest BCUT2D eigenvalue weighted by Crippen LogP contribution is -2.22. The average molecular weight is 1150 g/mol. The Labute approximate surface area is 445 Å². The number of thioether (sulfide) groups is 1. The van der Waals surface area contributed by atoms with Crippen molar-refractivity contribution in [2.24, 2.45) is 20.5 Å². The summed E-state index contributed by atoms with van der Waals surface area (Å²) in [5.41, 5.74) is 4.79. The van der Waals surface area contributed by atoms with Crippen LogP contribution >= 0.6 is 34.8 Å². The topological polar surface area (TPSA) is 338 Å². The molecule has 7 rings (SSSR count). The van der Waals surface area contributed by atoms with Crippen molar-refractivity contribution < 1.29 is 57.2 Å². The van der Waals surface area contributed by atoms with Gasteiger partial charge in [0.25, 0.3) is 10.1 Å². The zero-order valence-electron chi connectivity index (χ0n) is 41.2. The standard InChI is InChI=1S/C43H49N13O7S4.2O3S/c1-9-55(10-2)35-21-31(33(23-37(35)62-7)49-51-39-27-19-25(60-5)13-15-29(27)53-65-39)44-41-46-42(48-43(47-41)64-17-18-67(57,58)59)45-32-22-36(56(11-3)12-4)38(63-8)24-34(32)50-52-40-28-20-26(61-6)14-16-30(28)54-66-40;2*1-4(2)3/h13-16,19-24H,9-12,17-18H2,1-8H3,(H,57,58,59)(H2,44,45,46,47,48);;. The molecule has 0 fully saturated rings. The maximum atomic E-state index is 11.8. The average Bonchev–Trinajstić information content (AvgIpc) is 3.98. The van der Waals surface area contributed by atoms with Crippen molar-refractivity contribution in [1.82, 2.24) is 23.7 Å². The molecule has 400 valence electrons. The van der Waals surface area contributed by atoms with Crippen LogP contribution < -0.4 is 39.4 Å². The van der Waals surface area contributed by atoms with E-state index in [1.54, 1.807) is 40.6 Å². The van der Waals surface area contributed by atoms with Crippen molar-refractivity contribution >= 4 is 144 Å². The monoisotopic (exact) mass is 1150 g/mol. The lowest BCUT2D eigenvalue weighted by Gasteiger charge is -2.25. The van der Waals surface area contributed by atoms with Crippen LogP contribution in [0.3, 0.4) is 0 Å². The van der Waals surface area contributed by atoms with Gasteiger partial charge in [-0.05, 0) is 99.3 Å². The third-order valence-corrected chi connectivity index (χ3v) is 13.7. The number of nitrogens with one attached hydrogen (secondary N) is 2. The summed E-state index contributed by atoms with van der Waals surface area (Å²) in [7, 11) is -4.13. The molecular formula is C43H49N13O13S6. The normalized spacial score (nSPS) is 11.2. The second-order valence-corrected chi connectivity index (χ2v) is 19.6. The van der Waals surface area contributed by atoms with Crippen LogP contribution in [0.25, 0.3) is 21.8 Å². The van der Waals surface area contributed by atoms with E-state index in [2.05, 4.69) is 49.4 Å². The van der Waals surface area contributed by atoms with Gasteiger partial charge in [0.15, 0.2) is 15.2 Å². The van der Waals surface area contributed by atoms with Crippen LogP contribution in [0.5, 0.6) is 23.0 Å². The number of methoxy groups -OCH3 is 4. The highest BCUT2D eigenvalue weighted by Crippen LogP contribution is 2.44. The minimum atomic E-state index is -4.28. The van der Waals surface area contributed by atoms with Gasteiger partial charge in [-0.15, -0.1) is 45.7 Å². The number of hydrogen-bond donors (Lipinski definition) is 3. The van der Waals surface area contributed by atoms with Crippen LogP contribution in [0.2, 0.25) is 0 Å². The van der Waals surface area contributed by atoms with E-state index >= 15 is 0 Å². The number of anilines is 6. The molecule has 26 nitrogen and oxygen atoms in total. The second-order valence-electron chi connectivity index (χ2n) is 14.6. The quantitative estimate of drug-likeness (QED) is 0.0323. The fourth-order valence-corrected chi connectivity index (χ4v) is 9.88. The summed E-state index contributed by atoms with van der Waals surface area (Å²) < 4.78 is 116.